The summed E-state index contributed by atoms with van der Waals surface area (Å²) < 4.78 is 1.89. The maximum absolute atomic E-state index is 11.1. The van der Waals surface area contributed by atoms with E-state index < -0.39 is 11.4 Å². The standard InChI is InChI=1S/C11H18N4O2/c1-11(10(16)17)3-5-15(6-4-11)7-9-13-12-8-14(9)2/h8H,3-7H2,1-2H3,(H,16,17). The first kappa shape index (κ1) is 12.0. The maximum atomic E-state index is 11.1. The van der Waals surface area contributed by atoms with Crippen molar-refractivity contribution in [1.82, 2.24) is 19.7 Å². The molecule has 0 spiro atoms. The smallest absolute Gasteiger partial charge is 0.309 e. The number of aromatic nitrogens is 3. The molecule has 0 atom stereocenters. The van der Waals surface area contributed by atoms with E-state index in [1.165, 1.54) is 0 Å². The van der Waals surface area contributed by atoms with Crippen LogP contribution >= 0.6 is 0 Å². The summed E-state index contributed by atoms with van der Waals surface area (Å²) in [5.74, 6) is 0.236. The molecule has 0 unspecified atom stereocenters. The van der Waals surface area contributed by atoms with Gasteiger partial charge >= 0.3 is 5.97 Å². The lowest BCUT2D eigenvalue weighted by molar-refractivity contribution is -0.150. The van der Waals surface area contributed by atoms with Gasteiger partial charge in [-0.2, -0.15) is 0 Å². The molecule has 0 radical (unpaired) electrons. The lowest BCUT2D eigenvalue weighted by atomic mass is 9.80. The first-order chi connectivity index (χ1) is 8.01. The molecule has 17 heavy (non-hydrogen) atoms. The molecule has 1 fully saturated rings. The van der Waals surface area contributed by atoms with Crippen molar-refractivity contribution < 1.29 is 9.90 Å². The van der Waals surface area contributed by atoms with Crippen molar-refractivity contribution >= 4 is 5.97 Å². The highest BCUT2D eigenvalue weighted by atomic mass is 16.4. The van der Waals surface area contributed by atoms with E-state index in [4.69, 9.17) is 5.11 Å². The Morgan fingerprint density at radius 2 is 2.18 bits per heavy atom. The summed E-state index contributed by atoms with van der Waals surface area (Å²) in [5.41, 5.74) is -0.559. The van der Waals surface area contributed by atoms with E-state index in [-0.39, 0.29) is 0 Å². The summed E-state index contributed by atoms with van der Waals surface area (Å²) in [6.45, 7) is 4.17. The monoisotopic (exact) mass is 238 g/mol. The number of hydrogen-bond donors (Lipinski definition) is 1. The van der Waals surface area contributed by atoms with Crippen LogP contribution in [0, 0.1) is 5.41 Å². The largest absolute Gasteiger partial charge is 0.481 e. The minimum absolute atomic E-state index is 0.559. The molecule has 6 nitrogen and oxygen atoms in total. The zero-order valence-electron chi connectivity index (χ0n) is 10.3. The summed E-state index contributed by atoms with van der Waals surface area (Å²) >= 11 is 0. The second-order valence-electron chi connectivity index (χ2n) is 5.00. The van der Waals surface area contributed by atoms with Crippen LogP contribution in [0.4, 0.5) is 0 Å². The van der Waals surface area contributed by atoms with E-state index in [1.807, 2.05) is 18.5 Å². The number of hydrogen-bond acceptors (Lipinski definition) is 4. The van der Waals surface area contributed by atoms with Crippen LogP contribution in [-0.4, -0.2) is 43.8 Å². The Kier molecular flexibility index (Phi) is 3.15. The highest BCUT2D eigenvalue weighted by Crippen LogP contribution is 2.31. The third-order valence-corrected chi connectivity index (χ3v) is 3.65. The molecule has 1 saturated heterocycles. The molecule has 0 saturated carbocycles. The number of aryl methyl sites for hydroxylation is 1. The lowest BCUT2D eigenvalue weighted by Gasteiger charge is -2.36. The quantitative estimate of drug-likeness (QED) is 0.830. The van der Waals surface area contributed by atoms with Gasteiger partial charge in [0.1, 0.15) is 12.2 Å². The first-order valence-corrected chi connectivity index (χ1v) is 5.80. The number of carbonyl (C=O) groups is 1. The van der Waals surface area contributed by atoms with Crippen LogP contribution < -0.4 is 0 Å². The number of rotatable bonds is 3. The summed E-state index contributed by atoms with van der Waals surface area (Å²) in [7, 11) is 1.92. The van der Waals surface area contributed by atoms with Gasteiger partial charge in [-0.25, -0.2) is 0 Å². The Hall–Kier alpha value is -1.43. The highest BCUT2D eigenvalue weighted by molar-refractivity contribution is 5.74. The zero-order chi connectivity index (χ0) is 12.5. The van der Waals surface area contributed by atoms with Crippen LogP contribution in [-0.2, 0) is 18.4 Å². The number of nitrogens with zero attached hydrogens (tertiary/aromatic N) is 4. The van der Waals surface area contributed by atoms with Crippen molar-refractivity contribution in [3.8, 4) is 0 Å². The fourth-order valence-corrected chi connectivity index (χ4v) is 2.07. The summed E-state index contributed by atoms with van der Waals surface area (Å²) in [6, 6.07) is 0. The van der Waals surface area contributed by atoms with Gasteiger partial charge in [-0.05, 0) is 32.9 Å². The summed E-state index contributed by atoms with van der Waals surface area (Å²) in [4.78, 5) is 13.3. The SMILES string of the molecule is Cn1cnnc1CN1CCC(C)(C(=O)O)CC1. The zero-order valence-corrected chi connectivity index (χ0v) is 10.3. The van der Waals surface area contributed by atoms with Gasteiger partial charge in [-0.3, -0.25) is 9.69 Å². The van der Waals surface area contributed by atoms with Crippen LogP contribution in [0.25, 0.3) is 0 Å². The van der Waals surface area contributed by atoms with E-state index in [0.717, 1.165) is 25.5 Å². The van der Waals surface area contributed by atoms with Crippen LogP contribution in [0.2, 0.25) is 0 Å². The molecule has 2 heterocycles. The molecule has 94 valence electrons. The molecule has 0 aliphatic carbocycles. The molecule has 1 N–H and O–H groups in total. The summed E-state index contributed by atoms with van der Waals surface area (Å²) in [5, 5.41) is 17.0. The van der Waals surface area contributed by atoms with Crippen LogP contribution in [0.15, 0.2) is 6.33 Å². The van der Waals surface area contributed by atoms with E-state index in [2.05, 4.69) is 15.1 Å². The number of aliphatic carboxylic acids is 1. The Bertz CT molecular complexity index is 407. The van der Waals surface area contributed by atoms with E-state index >= 15 is 0 Å². The second kappa shape index (κ2) is 4.44. The predicted molar refractivity (Wildman–Crippen MR) is 61.3 cm³/mol. The third kappa shape index (κ3) is 2.46. The van der Waals surface area contributed by atoms with Gasteiger partial charge in [-0.15, -0.1) is 10.2 Å². The molecule has 1 aliphatic rings. The molecule has 6 heteroatoms. The molecular formula is C11H18N4O2. The molecule has 2 rings (SSSR count). The third-order valence-electron chi connectivity index (χ3n) is 3.65. The van der Waals surface area contributed by atoms with Crippen LogP contribution in [0.1, 0.15) is 25.6 Å². The topological polar surface area (TPSA) is 71.2 Å². The molecule has 1 aromatic rings. The van der Waals surface area contributed by atoms with Crippen molar-refractivity contribution in [2.24, 2.45) is 12.5 Å². The Labute approximate surface area is 100 Å². The molecule has 1 aliphatic heterocycles. The number of carboxylic acids is 1. The second-order valence-corrected chi connectivity index (χ2v) is 5.00. The van der Waals surface area contributed by atoms with E-state index in [1.54, 1.807) is 6.33 Å². The van der Waals surface area contributed by atoms with Gasteiger partial charge < -0.3 is 9.67 Å². The summed E-state index contributed by atoms with van der Waals surface area (Å²) in [6.07, 6.45) is 3.07. The van der Waals surface area contributed by atoms with Crippen molar-refractivity contribution in [3.63, 3.8) is 0 Å². The molecular weight excluding hydrogens is 220 g/mol. The van der Waals surface area contributed by atoms with E-state index in [9.17, 15) is 4.79 Å². The van der Waals surface area contributed by atoms with Crippen LogP contribution in [0.3, 0.4) is 0 Å². The molecule has 0 aromatic carbocycles. The van der Waals surface area contributed by atoms with Gasteiger partial charge in [0.2, 0.25) is 0 Å². The Morgan fingerprint density at radius 1 is 1.53 bits per heavy atom. The number of piperidine rings is 1. The fraction of sp³-hybridized carbons (Fsp3) is 0.727. The van der Waals surface area contributed by atoms with Crippen molar-refractivity contribution in [2.45, 2.75) is 26.3 Å². The lowest BCUT2D eigenvalue weighted by Crippen LogP contribution is -2.42. The van der Waals surface area contributed by atoms with Gasteiger partial charge in [0.25, 0.3) is 0 Å². The van der Waals surface area contributed by atoms with Gasteiger partial charge in [0.05, 0.1) is 12.0 Å². The highest BCUT2D eigenvalue weighted by Gasteiger charge is 2.36. The average Bonchev–Trinajstić information content (AvgIpc) is 2.68. The Balaban J connectivity index is 1.92. The normalized spacial score (nSPS) is 20.4. The maximum Gasteiger partial charge on any atom is 0.309 e. The minimum Gasteiger partial charge on any atom is -0.481 e. The minimum atomic E-state index is -0.684. The van der Waals surface area contributed by atoms with E-state index in [0.29, 0.717) is 12.8 Å². The Morgan fingerprint density at radius 3 is 2.65 bits per heavy atom. The predicted octanol–water partition coefficient (Wildman–Crippen LogP) is 0.502. The van der Waals surface area contributed by atoms with Crippen molar-refractivity contribution in [3.05, 3.63) is 12.2 Å². The van der Waals surface area contributed by atoms with Gasteiger partial charge in [0.15, 0.2) is 0 Å². The van der Waals surface area contributed by atoms with Gasteiger partial charge in [0, 0.05) is 7.05 Å². The molecule has 1 aromatic heterocycles. The average molecular weight is 238 g/mol. The van der Waals surface area contributed by atoms with Crippen molar-refractivity contribution in [1.29, 1.82) is 0 Å². The number of likely N-dealkylation sites (tertiary alicyclic amines) is 1. The number of carboxylic acid groups (broad SMARTS) is 1. The first-order valence-electron chi connectivity index (χ1n) is 5.80. The van der Waals surface area contributed by atoms with Crippen LogP contribution in [0.5, 0.6) is 0 Å². The molecule has 0 bridgehead atoms. The van der Waals surface area contributed by atoms with Crippen molar-refractivity contribution in [2.75, 3.05) is 13.1 Å². The fourth-order valence-electron chi connectivity index (χ4n) is 2.07. The molecule has 0 amide bonds. The van der Waals surface area contributed by atoms with Gasteiger partial charge in [-0.1, -0.05) is 0 Å².